The molecular formula is C19H22O5. The summed E-state index contributed by atoms with van der Waals surface area (Å²) in [6.45, 7) is -0.430. The van der Waals surface area contributed by atoms with Crippen LogP contribution in [-0.4, -0.2) is 27.0 Å². The molecular weight excluding hydrogens is 308 g/mol. The Balaban J connectivity index is 1.97. The van der Waals surface area contributed by atoms with Crippen molar-refractivity contribution < 1.29 is 24.8 Å². The van der Waals surface area contributed by atoms with Crippen LogP contribution in [0.2, 0.25) is 0 Å². The molecule has 0 saturated carbocycles. The van der Waals surface area contributed by atoms with Crippen LogP contribution in [0.25, 0.3) is 0 Å². The molecule has 0 aliphatic carbocycles. The Morgan fingerprint density at radius 3 is 2.42 bits per heavy atom. The predicted molar refractivity (Wildman–Crippen MR) is 88.9 cm³/mol. The van der Waals surface area contributed by atoms with E-state index in [1.807, 2.05) is 30.3 Å². The normalized spacial score (nSPS) is 13.2. The molecule has 0 bridgehead atoms. The molecule has 128 valence electrons. The fourth-order valence-corrected chi connectivity index (χ4v) is 2.29. The summed E-state index contributed by atoms with van der Waals surface area (Å²) in [7, 11) is 0. The van der Waals surface area contributed by atoms with Gasteiger partial charge in [-0.05, 0) is 29.3 Å². The van der Waals surface area contributed by atoms with Crippen molar-refractivity contribution in [2.45, 2.75) is 31.7 Å². The Morgan fingerprint density at radius 2 is 1.79 bits per heavy atom. The first-order valence-corrected chi connectivity index (χ1v) is 7.78. The molecule has 4 N–H and O–H groups in total. The Morgan fingerprint density at radius 1 is 1.04 bits per heavy atom. The number of benzene rings is 1. The summed E-state index contributed by atoms with van der Waals surface area (Å²) in [5, 5.41) is 38.5. The van der Waals surface area contributed by atoms with E-state index in [4.69, 9.17) is 9.52 Å². The van der Waals surface area contributed by atoms with Crippen molar-refractivity contribution in [1.82, 2.24) is 0 Å². The highest BCUT2D eigenvalue weighted by atomic mass is 16.4. The zero-order chi connectivity index (χ0) is 17.4. The second-order valence-electron chi connectivity index (χ2n) is 5.45. The predicted octanol–water partition coefficient (Wildman–Crippen LogP) is 2.39. The minimum Gasteiger partial charge on any atom is -0.461 e. The average molecular weight is 330 g/mol. The van der Waals surface area contributed by atoms with Gasteiger partial charge in [0.25, 0.3) is 0 Å². The third kappa shape index (κ3) is 5.20. The van der Waals surface area contributed by atoms with Crippen LogP contribution >= 0.6 is 0 Å². The van der Waals surface area contributed by atoms with E-state index in [0.717, 1.165) is 5.56 Å². The molecule has 0 radical (unpaired) electrons. The van der Waals surface area contributed by atoms with E-state index < -0.39 is 12.2 Å². The zero-order valence-electron chi connectivity index (χ0n) is 13.3. The zero-order valence-corrected chi connectivity index (χ0v) is 13.3. The summed E-state index contributed by atoms with van der Waals surface area (Å²) in [5.74, 6) is 0.762. The number of rotatable bonds is 8. The van der Waals surface area contributed by atoms with Crippen molar-refractivity contribution in [3.05, 3.63) is 76.9 Å². The van der Waals surface area contributed by atoms with Gasteiger partial charge in [-0.15, -0.1) is 5.73 Å². The lowest BCUT2D eigenvalue weighted by atomic mass is 10.0. The van der Waals surface area contributed by atoms with Gasteiger partial charge in [-0.1, -0.05) is 30.3 Å². The van der Waals surface area contributed by atoms with Crippen LogP contribution in [0.3, 0.4) is 0 Å². The van der Waals surface area contributed by atoms with E-state index in [1.165, 1.54) is 0 Å². The van der Waals surface area contributed by atoms with Crippen LogP contribution in [0.5, 0.6) is 0 Å². The molecule has 1 aromatic carbocycles. The first kappa shape index (κ1) is 18.2. The third-order valence-electron chi connectivity index (χ3n) is 3.63. The number of hydrogen-bond donors (Lipinski definition) is 4. The quantitative estimate of drug-likeness (QED) is 0.558. The van der Waals surface area contributed by atoms with Gasteiger partial charge in [0, 0.05) is 12.8 Å². The maximum Gasteiger partial charge on any atom is 0.133 e. The summed E-state index contributed by atoms with van der Waals surface area (Å²) in [5.41, 5.74) is 4.25. The molecule has 0 fully saturated rings. The van der Waals surface area contributed by atoms with Gasteiger partial charge in [-0.3, -0.25) is 0 Å². The minimum absolute atomic E-state index is 0.214. The molecule has 0 aliphatic heterocycles. The second-order valence-corrected chi connectivity index (χ2v) is 5.45. The summed E-state index contributed by atoms with van der Waals surface area (Å²) < 4.78 is 5.26. The smallest absolute Gasteiger partial charge is 0.133 e. The Bertz CT molecular complexity index is 683. The van der Waals surface area contributed by atoms with Gasteiger partial charge in [0.05, 0.1) is 12.7 Å². The van der Waals surface area contributed by atoms with Gasteiger partial charge >= 0.3 is 0 Å². The van der Waals surface area contributed by atoms with Crippen molar-refractivity contribution >= 4 is 0 Å². The largest absolute Gasteiger partial charge is 0.461 e. The molecule has 2 atom stereocenters. The number of aliphatic hydroxyl groups is 4. The Kier molecular flexibility index (Phi) is 7.00. The monoisotopic (exact) mass is 330 g/mol. The van der Waals surface area contributed by atoms with Crippen LogP contribution in [-0.2, 0) is 6.61 Å². The highest BCUT2D eigenvalue weighted by molar-refractivity contribution is 5.19. The van der Waals surface area contributed by atoms with E-state index in [0.29, 0.717) is 17.1 Å². The standard InChI is InChI=1S/C19H22O5/c20-12-14(11-18(23)15-6-2-1-3-7-15)5-4-8-17(22)19-10-9-16(13-21)24-19/h1-4,6-7,9-10,17-18,20-23H,8,11-13H2/t5?,17-,18-/m1/s1. The fraction of sp³-hybridized carbons (Fsp3) is 0.316. The molecule has 0 unspecified atom stereocenters. The van der Waals surface area contributed by atoms with Crippen LogP contribution in [0, 0.1) is 0 Å². The van der Waals surface area contributed by atoms with Crippen molar-refractivity contribution in [2.75, 3.05) is 6.61 Å². The fourth-order valence-electron chi connectivity index (χ4n) is 2.29. The summed E-state index contributed by atoms with van der Waals surface area (Å²) >= 11 is 0. The van der Waals surface area contributed by atoms with E-state index in [-0.39, 0.29) is 26.1 Å². The molecule has 1 heterocycles. The van der Waals surface area contributed by atoms with Crippen LogP contribution < -0.4 is 0 Å². The lowest BCUT2D eigenvalue weighted by molar-refractivity contribution is 0.145. The maximum absolute atomic E-state index is 10.2. The highest BCUT2D eigenvalue weighted by Gasteiger charge is 2.11. The molecule has 0 aliphatic rings. The van der Waals surface area contributed by atoms with E-state index in [9.17, 15) is 15.3 Å². The van der Waals surface area contributed by atoms with E-state index in [1.54, 1.807) is 18.2 Å². The van der Waals surface area contributed by atoms with Gasteiger partial charge in [-0.25, -0.2) is 0 Å². The van der Waals surface area contributed by atoms with Crippen LogP contribution in [0.15, 0.2) is 64.3 Å². The van der Waals surface area contributed by atoms with Crippen LogP contribution in [0.4, 0.5) is 0 Å². The number of aliphatic hydroxyl groups excluding tert-OH is 4. The first-order chi connectivity index (χ1) is 11.6. The maximum atomic E-state index is 10.2. The number of hydrogen-bond acceptors (Lipinski definition) is 5. The third-order valence-corrected chi connectivity index (χ3v) is 3.63. The van der Waals surface area contributed by atoms with E-state index >= 15 is 0 Å². The van der Waals surface area contributed by atoms with Gasteiger partial charge in [0.1, 0.15) is 24.2 Å². The minimum atomic E-state index is -0.850. The molecule has 5 heteroatoms. The van der Waals surface area contributed by atoms with Crippen LogP contribution in [0.1, 0.15) is 42.1 Å². The summed E-state index contributed by atoms with van der Waals surface area (Å²) in [6, 6.07) is 12.4. The molecule has 0 spiro atoms. The average Bonchev–Trinajstić information content (AvgIpc) is 3.10. The lowest BCUT2D eigenvalue weighted by Gasteiger charge is -2.11. The van der Waals surface area contributed by atoms with Crippen molar-refractivity contribution in [1.29, 1.82) is 0 Å². The van der Waals surface area contributed by atoms with Gasteiger partial charge in [-0.2, -0.15) is 0 Å². The SMILES string of the molecule is OCC(=C=CC[C@@H](O)c1ccc(CO)o1)C[C@@H](O)c1ccccc1. The van der Waals surface area contributed by atoms with Gasteiger partial charge in [0.2, 0.25) is 0 Å². The lowest BCUT2D eigenvalue weighted by Crippen LogP contribution is -2.01. The van der Waals surface area contributed by atoms with Crippen molar-refractivity contribution in [3.63, 3.8) is 0 Å². The molecule has 2 aromatic rings. The van der Waals surface area contributed by atoms with Crippen molar-refractivity contribution in [3.8, 4) is 0 Å². The molecule has 5 nitrogen and oxygen atoms in total. The molecule has 1 aromatic heterocycles. The Hall–Kier alpha value is -2.14. The van der Waals surface area contributed by atoms with Gasteiger partial charge in [0.15, 0.2) is 0 Å². The number of furan rings is 1. The molecule has 0 amide bonds. The second kappa shape index (κ2) is 9.23. The van der Waals surface area contributed by atoms with E-state index in [2.05, 4.69) is 5.73 Å². The topological polar surface area (TPSA) is 94.1 Å². The molecule has 2 rings (SSSR count). The Labute approximate surface area is 140 Å². The van der Waals surface area contributed by atoms with Crippen molar-refractivity contribution in [2.24, 2.45) is 0 Å². The molecule has 24 heavy (non-hydrogen) atoms. The molecule has 0 saturated heterocycles. The summed E-state index contributed by atoms with van der Waals surface area (Å²) in [6.07, 6.45) is 0.564. The van der Waals surface area contributed by atoms with Gasteiger partial charge < -0.3 is 24.8 Å². The highest BCUT2D eigenvalue weighted by Crippen LogP contribution is 2.22. The first-order valence-electron chi connectivity index (χ1n) is 7.78. The summed E-state index contributed by atoms with van der Waals surface area (Å²) in [4.78, 5) is 0.